The Bertz CT molecular complexity index is 289. The van der Waals surface area contributed by atoms with E-state index in [1.807, 2.05) is 0 Å². The number of hydrogen-bond donors (Lipinski definition) is 2. The van der Waals surface area contributed by atoms with Crippen molar-refractivity contribution in [3.8, 4) is 11.5 Å². The van der Waals surface area contributed by atoms with E-state index in [1.54, 1.807) is 31.4 Å². The maximum Gasteiger partial charge on any atom is 0.119 e. The van der Waals surface area contributed by atoms with Crippen LogP contribution >= 0.6 is 0 Å². The summed E-state index contributed by atoms with van der Waals surface area (Å²) in [6.45, 7) is 0.537. The molecular weight excluding hydrogens is 210 g/mol. The van der Waals surface area contributed by atoms with E-state index in [0.717, 1.165) is 5.75 Å². The van der Waals surface area contributed by atoms with Gasteiger partial charge in [-0.2, -0.15) is 0 Å². The highest BCUT2D eigenvalue weighted by atomic mass is 16.6. The SMILES string of the molecule is CONCC(O)COc1ccc(OC)cc1. The number of ether oxygens (including phenoxy) is 2. The molecule has 16 heavy (non-hydrogen) atoms. The Kier molecular flexibility index (Phi) is 5.63. The molecule has 90 valence electrons. The van der Waals surface area contributed by atoms with Crippen LogP contribution in [0.25, 0.3) is 0 Å². The Morgan fingerprint density at radius 3 is 2.38 bits per heavy atom. The van der Waals surface area contributed by atoms with Crippen molar-refractivity contribution < 1.29 is 19.4 Å². The van der Waals surface area contributed by atoms with Gasteiger partial charge in [0.05, 0.1) is 20.8 Å². The van der Waals surface area contributed by atoms with Gasteiger partial charge in [-0.25, -0.2) is 5.48 Å². The highest BCUT2D eigenvalue weighted by Crippen LogP contribution is 2.16. The fourth-order valence-corrected chi connectivity index (χ4v) is 1.10. The van der Waals surface area contributed by atoms with Gasteiger partial charge in [-0.1, -0.05) is 0 Å². The molecule has 0 spiro atoms. The summed E-state index contributed by atoms with van der Waals surface area (Å²) in [6, 6.07) is 7.18. The third-order valence-electron chi connectivity index (χ3n) is 1.97. The number of hydroxylamine groups is 1. The van der Waals surface area contributed by atoms with Gasteiger partial charge in [-0.15, -0.1) is 0 Å². The van der Waals surface area contributed by atoms with Crippen molar-refractivity contribution in [2.45, 2.75) is 6.10 Å². The third-order valence-corrected chi connectivity index (χ3v) is 1.97. The van der Waals surface area contributed by atoms with Gasteiger partial charge >= 0.3 is 0 Å². The zero-order chi connectivity index (χ0) is 11.8. The van der Waals surface area contributed by atoms with E-state index in [0.29, 0.717) is 12.3 Å². The summed E-state index contributed by atoms with van der Waals surface area (Å²) in [7, 11) is 3.10. The predicted octanol–water partition coefficient (Wildman–Crippen LogP) is 0.586. The normalized spacial score (nSPS) is 12.2. The van der Waals surface area contributed by atoms with Crippen molar-refractivity contribution in [2.24, 2.45) is 0 Å². The minimum atomic E-state index is -0.609. The summed E-state index contributed by atoms with van der Waals surface area (Å²) in [5.74, 6) is 1.46. The largest absolute Gasteiger partial charge is 0.497 e. The van der Waals surface area contributed by atoms with Gasteiger partial charge in [-0.3, -0.25) is 0 Å². The quantitative estimate of drug-likeness (QED) is 0.667. The van der Waals surface area contributed by atoms with E-state index in [-0.39, 0.29) is 6.61 Å². The molecule has 0 amide bonds. The van der Waals surface area contributed by atoms with E-state index < -0.39 is 6.10 Å². The fourth-order valence-electron chi connectivity index (χ4n) is 1.10. The van der Waals surface area contributed by atoms with Gasteiger partial charge < -0.3 is 19.4 Å². The van der Waals surface area contributed by atoms with Gasteiger partial charge in [-0.05, 0) is 24.3 Å². The van der Waals surface area contributed by atoms with Crippen molar-refractivity contribution >= 4 is 0 Å². The molecule has 1 rings (SSSR count). The first kappa shape index (κ1) is 12.8. The van der Waals surface area contributed by atoms with Crippen LogP contribution in [0, 0.1) is 0 Å². The molecule has 0 saturated heterocycles. The summed E-state index contributed by atoms with van der Waals surface area (Å²) in [6.07, 6.45) is -0.609. The maximum absolute atomic E-state index is 9.45. The number of rotatable bonds is 7. The lowest BCUT2D eigenvalue weighted by atomic mass is 10.3. The Labute approximate surface area is 94.9 Å². The molecule has 0 heterocycles. The second kappa shape index (κ2) is 7.05. The van der Waals surface area contributed by atoms with Crippen molar-refractivity contribution in [3.05, 3.63) is 24.3 Å². The highest BCUT2D eigenvalue weighted by Gasteiger charge is 2.04. The minimum Gasteiger partial charge on any atom is -0.497 e. The molecule has 2 N–H and O–H groups in total. The smallest absolute Gasteiger partial charge is 0.119 e. The van der Waals surface area contributed by atoms with Gasteiger partial charge in [0.15, 0.2) is 0 Å². The van der Waals surface area contributed by atoms with Gasteiger partial charge in [0, 0.05) is 0 Å². The number of benzene rings is 1. The topological polar surface area (TPSA) is 60.0 Å². The summed E-state index contributed by atoms with van der Waals surface area (Å²) in [5.41, 5.74) is 2.55. The Hall–Kier alpha value is -1.30. The molecule has 0 bridgehead atoms. The molecule has 1 aromatic carbocycles. The fraction of sp³-hybridized carbons (Fsp3) is 0.455. The predicted molar refractivity (Wildman–Crippen MR) is 59.5 cm³/mol. The van der Waals surface area contributed by atoms with E-state index in [2.05, 4.69) is 10.3 Å². The Morgan fingerprint density at radius 1 is 1.19 bits per heavy atom. The molecular formula is C11H17NO4. The van der Waals surface area contributed by atoms with E-state index >= 15 is 0 Å². The van der Waals surface area contributed by atoms with Gasteiger partial charge in [0.2, 0.25) is 0 Å². The number of hydrogen-bond acceptors (Lipinski definition) is 5. The van der Waals surface area contributed by atoms with E-state index in [1.165, 1.54) is 7.11 Å². The Morgan fingerprint density at radius 2 is 1.81 bits per heavy atom. The van der Waals surface area contributed by atoms with Crippen LogP contribution < -0.4 is 15.0 Å². The van der Waals surface area contributed by atoms with Crippen molar-refractivity contribution in [2.75, 3.05) is 27.4 Å². The van der Waals surface area contributed by atoms with E-state index in [9.17, 15) is 5.11 Å². The van der Waals surface area contributed by atoms with Crippen LogP contribution in [0.2, 0.25) is 0 Å². The molecule has 0 aromatic heterocycles. The molecule has 0 aliphatic carbocycles. The second-order valence-electron chi connectivity index (χ2n) is 3.19. The Balaban J connectivity index is 2.30. The first-order valence-corrected chi connectivity index (χ1v) is 4.97. The monoisotopic (exact) mass is 227 g/mol. The molecule has 0 radical (unpaired) electrons. The van der Waals surface area contributed by atoms with Crippen LogP contribution in [0.1, 0.15) is 0 Å². The van der Waals surface area contributed by atoms with Crippen molar-refractivity contribution in [1.82, 2.24) is 5.48 Å². The average molecular weight is 227 g/mol. The average Bonchev–Trinajstić information content (AvgIpc) is 2.34. The highest BCUT2D eigenvalue weighted by molar-refractivity contribution is 5.31. The minimum absolute atomic E-state index is 0.211. The molecule has 0 aliphatic rings. The van der Waals surface area contributed by atoms with Crippen LogP contribution in [0.4, 0.5) is 0 Å². The van der Waals surface area contributed by atoms with Gasteiger partial charge in [0.25, 0.3) is 0 Å². The molecule has 0 fully saturated rings. The zero-order valence-corrected chi connectivity index (χ0v) is 9.47. The molecule has 5 nitrogen and oxygen atoms in total. The molecule has 1 aromatic rings. The molecule has 0 saturated carbocycles. The zero-order valence-electron chi connectivity index (χ0n) is 9.47. The summed E-state index contributed by atoms with van der Waals surface area (Å²) in [5, 5.41) is 9.45. The van der Waals surface area contributed by atoms with Crippen LogP contribution in [0.15, 0.2) is 24.3 Å². The number of aliphatic hydroxyl groups excluding tert-OH is 1. The summed E-state index contributed by atoms with van der Waals surface area (Å²) in [4.78, 5) is 4.61. The molecule has 1 atom stereocenters. The van der Waals surface area contributed by atoms with Crippen molar-refractivity contribution in [1.29, 1.82) is 0 Å². The van der Waals surface area contributed by atoms with Crippen LogP contribution in [-0.2, 0) is 4.84 Å². The first-order valence-electron chi connectivity index (χ1n) is 4.97. The van der Waals surface area contributed by atoms with Crippen molar-refractivity contribution in [3.63, 3.8) is 0 Å². The van der Waals surface area contributed by atoms with E-state index in [4.69, 9.17) is 9.47 Å². The number of methoxy groups -OCH3 is 1. The van der Waals surface area contributed by atoms with Crippen LogP contribution in [0.5, 0.6) is 11.5 Å². The molecule has 1 unspecified atom stereocenters. The molecule has 5 heteroatoms. The van der Waals surface area contributed by atoms with Crippen LogP contribution in [0.3, 0.4) is 0 Å². The van der Waals surface area contributed by atoms with Gasteiger partial charge in [0.1, 0.15) is 24.2 Å². The third kappa shape index (κ3) is 4.48. The van der Waals surface area contributed by atoms with Crippen LogP contribution in [-0.4, -0.2) is 38.6 Å². The number of nitrogens with one attached hydrogen (secondary N) is 1. The maximum atomic E-state index is 9.45. The lowest BCUT2D eigenvalue weighted by Gasteiger charge is -2.12. The lowest BCUT2D eigenvalue weighted by molar-refractivity contribution is 0.0322. The molecule has 0 aliphatic heterocycles. The standard InChI is InChI=1S/C11H17NO4/c1-14-10-3-5-11(6-4-10)16-8-9(13)7-12-15-2/h3-6,9,12-13H,7-8H2,1-2H3. The first-order chi connectivity index (χ1) is 7.76. The second-order valence-corrected chi connectivity index (χ2v) is 3.19. The summed E-state index contributed by atoms with van der Waals surface area (Å²) < 4.78 is 10.4. The number of aliphatic hydroxyl groups is 1. The summed E-state index contributed by atoms with van der Waals surface area (Å²) >= 11 is 0. The lowest BCUT2D eigenvalue weighted by Crippen LogP contribution is -2.30.